The number of rotatable bonds is 4. The molecular weight excluding hydrogens is 322 g/mol. The maximum Gasteiger partial charge on any atom is 0.246 e. The molecule has 1 unspecified atom stereocenters. The molecule has 3 N–H and O–H groups in total. The van der Waals surface area contributed by atoms with Crippen LogP contribution in [-0.4, -0.2) is 20.9 Å². The molecule has 106 valence electrons. The SMILES string of the molecule is Cc1cc(Br)ccc1NC(=O)Cn1cc(C(C)N)nn1. The smallest absolute Gasteiger partial charge is 0.246 e. The first kappa shape index (κ1) is 14.7. The standard InChI is InChI=1S/C13H16BrN5O/c1-8-5-10(14)3-4-11(8)16-13(20)7-19-6-12(9(2)15)17-18-19/h3-6,9H,7,15H2,1-2H3,(H,16,20). The second-order valence-corrected chi connectivity index (χ2v) is 5.55. The van der Waals surface area contributed by atoms with E-state index in [1.165, 1.54) is 4.68 Å². The molecule has 6 nitrogen and oxygen atoms in total. The Hall–Kier alpha value is -1.73. The fourth-order valence-corrected chi connectivity index (χ4v) is 2.18. The summed E-state index contributed by atoms with van der Waals surface area (Å²) < 4.78 is 2.45. The van der Waals surface area contributed by atoms with Gasteiger partial charge in [-0.1, -0.05) is 21.1 Å². The highest BCUT2D eigenvalue weighted by Crippen LogP contribution is 2.19. The van der Waals surface area contributed by atoms with Crippen LogP contribution in [0.5, 0.6) is 0 Å². The number of hydrogen-bond acceptors (Lipinski definition) is 4. The van der Waals surface area contributed by atoms with E-state index in [1.54, 1.807) is 6.20 Å². The number of aromatic nitrogens is 3. The maximum absolute atomic E-state index is 12.0. The van der Waals surface area contributed by atoms with Gasteiger partial charge in [0.2, 0.25) is 5.91 Å². The van der Waals surface area contributed by atoms with Gasteiger partial charge in [-0.25, -0.2) is 4.68 Å². The number of benzene rings is 1. The Morgan fingerprint density at radius 3 is 2.90 bits per heavy atom. The molecular formula is C13H16BrN5O. The van der Waals surface area contributed by atoms with Gasteiger partial charge < -0.3 is 11.1 Å². The summed E-state index contributed by atoms with van der Waals surface area (Å²) in [6.07, 6.45) is 1.68. The molecule has 1 aromatic carbocycles. The van der Waals surface area contributed by atoms with E-state index in [1.807, 2.05) is 32.0 Å². The Morgan fingerprint density at radius 1 is 1.55 bits per heavy atom. The predicted octanol–water partition coefficient (Wildman–Crippen LogP) is 2.01. The Balaban J connectivity index is 2.01. The average Bonchev–Trinajstić information content (AvgIpc) is 2.81. The van der Waals surface area contributed by atoms with Crippen molar-refractivity contribution in [1.29, 1.82) is 0 Å². The van der Waals surface area contributed by atoms with Crippen LogP contribution in [0.4, 0.5) is 5.69 Å². The number of amides is 1. The molecule has 1 amide bonds. The van der Waals surface area contributed by atoms with Gasteiger partial charge in [-0.2, -0.15) is 0 Å². The Labute approximate surface area is 125 Å². The predicted molar refractivity (Wildman–Crippen MR) is 80.1 cm³/mol. The van der Waals surface area contributed by atoms with E-state index >= 15 is 0 Å². The number of carbonyl (C=O) groups excluding carboxylic acids is 1. The van der Waals surface area contributed by atoms with Crippen LogP contribution in [0.15, 0.2) is 28.9 Å². The third kappa shape index (κ3) is 3.64. The van der Waals surface area contributed by atoms with Crippen molar-refractivity contribution in [1.82, 2.24) is 15.0 Å². The molecule has 0 radical (unpaired) electrons. The lowest BCUT2D eigenvalue weighted by Crippen LogP contribution is -2.19. The molecule has 0 spiro atoms. The molecule has 0 saturated heterocycles. The zero-order valence-corrected chi connectivity index (χ0v) is 12.9. The Morgan fingerprint density at radius 2 is 2.30 bits per heavy atom. The summed E-state index contributed by atoms with van der Waals surface area (Å²) in [5, 5.41) is 10.6. The molecule has 20 heavy (non-hydrogen) atoms. The molecule has 0 aliphatic rings. The van der Waals surface area contributed by atoms with Gasteiger partial charge in [0.15, 0.2) is 0 Å². The fourth-order valence-electron chi connectivity index (χ4n) is 1.70. The molecule has 0 saturated carbocycles. The van der Waals surface area contributed by atoms with Gasteiger partial charge in [0.1, 0.15) is 6.54 Å². The van der Waals surface area contributed by atoms with Crippen molar-refractivity contribution in [3.63, 3.8) is 0 Å². The third-order valence-corrected chi connectivity index (χ3v) is 3.28. The molecule has 1 heterocycles. The van der Waals surface area contributed by atoms with Crippen LogP contribution >= 0.6 is 15.9 Å². The molecule has 7 heteroatoms. The number of nitrogens with one attached hydrogen (secondary N) is 1. The molecule has 0 aliphatic carbocycles. The number of nitrogens with zero attached hydrogens (tertiary/aromatic N) is 3. The first-order valence-electron chi connectivity index (χ1n) is 6.17. The number of hydrogen-bond donors (Lipinski definition) is 2. The van der Waals surface area contributed by atoms with Gasteiger partial charge in [-0.15, -0.1) is 5.10 Å². The quantitative estimate of drug-likeness (QED) is 0.893. The number of anilines is 1. The second kappa shape index (κ2) is 6.15. The van der Waals surface area contributed by atoms with E-state index in [2.05, 4.69) is 31.6 Å². The third-order valence-electron chi connectivity index (χ3n) is 2.79. The lowest BCUT2D eigenvalue weighted by molar-refractivity contribution is -0.116. The normalized spacial score (nSPS) is 12.2. The van der Waals surface area contributed by atoms with E-state index < -0.39 is 0 Å². The van der Waals surface area contributed by atoms with Crippen molar-refractivity contribution in [2.75, 3.05) is 5.32 Å². The van der Waals surface area contributed by atoms with E-state index in [0.717, 1.165) is 15.7 Å². The first-order valence-corrected chi connectivity index (χ1v) is 6.96. The maximum atomic E-state index is 12.0. The van der Waals surface area contributed by atoms with Crippen LogP contribution in [0.1, 0.15) is 24.2 Å². The lowest BCUT2D eigenvalue weighted by Gasteiger charge is -2.08. The Kier molecular flexibility index (Phi) is 4.51. The van der Waals surface area contributed by atoms with Crippen molar-refractivity contribution in [3.05, 3.63) is 40.1 Å². The Bertz CT molecular complexity index is 623. The fraction of sp³-hybridized carbons (Fsp3) is 0.308. The van der Waals surface area contributed by atoms with Crippen LogP contribution in [0.2, 0.25) is 0 Å². The number of nitrogens with two attached hydrogens (primary N) is 1. The highest BCUT2D eigenvalue weighted by Gasteiger charge is 2.09. The lowest BCUT2D eigenvalue weighted by atomic mass is 10.2. The number of carbonyl (C=O) groups is 1. The van der Waals surface area contributed by atoms with Gasteiger partial charge in [0.05, 0.1) is 11.9 Å². The van der Waals surface area contributed by atoms with Gasteiger partial charge >= 0.3 is 0 Å². The van der Waals surface area contributed by atoms with Gasteiger partial charge in [-0.3, -0.25) is 4.79 Å². The van der Waals surface area contributed by atoms with Crippen LogP contribution in [0.25, 0.3) is 0 Å². The van der Waals surface area contributed by atoms with Crippen molar-refractivity contribution in [2.45, 2.75) is 26.4 Å². The first-order chi connectivity index (χ1) is 9.45. The summed E-state index contributed by atoms with van der Waals surface area (Å²) in [7, 11) is 0. The van der Waals surface area contributed by atoms with E-state index in [4.69, 9.17) is 5.73 Å². The van der Waals surface area contributed by atoms with Crippen LogP contribution in [0.3, 0.4) is 0 Å². The van der Waals surface area contributed by atoms with Crippen LogP contribution in [-0.2, 0) is 11.3 Å². The molecule has 2 rings (SSSR count). The summed E-state index contributed by atoms with van der Waals surface area (Å²) in [6, 6.07) is 5.48. The number of halogens is 1. The average molecular weight is 338 g/mol. The highest BCUT2D eigenvalue weighted by molar-refractivity contribution is 9.10. The molecule has 0 aliphatic heterocycles. The van der Waals surface area contributed by atoms with Crippen molar-refractivity contribution in [3.8, 4) is 0 Å². The minimum atomic E-state index is -0.194. The highest BCUT2D eigenvalue weighted by atomic mass is 79.9. The monoisotopic (exact) mass is 337 g/mol. The zero-order chi connectivity index (χ0) is 14.7. The largest absolute Gasteiger partial charge is 0.324 e. The van der Waals surface area contributed by atoms with Crippen LogP contribution < -0.4 is 11.1 Å². The minimum absolute atomic E-state index is 0.106. The summed E-state index contributed by atoms with van der Waals surface area (Å²) >= 11 is 3.39. The second-order valence-electron chi connectivity index (χ2n) is 4.64. The summed E-state index contributed by atoms with van der Waals surface area (Å²) in [4.78, 5) is 12.0. The van der Waals surface area contributed by atoms with E-state index in [-0.39, 0.29) is 18.5 Å². The van der Waals surface area contributed by atoms with Crippen molar-refractivity contribution >= 4 is 27.5 Å². The zero-order valence-electron chi connectivity index (χ0n) is 11.3. The molecule has 0 bridgehead atoms. The summed E-state index contributed by atoms with van der Waals surface area (Å²) in [6.45, 7) is 3.86. The molecule has 1 aromatic heterocycles. The van der Waals surface area contributed by atoms with E-state index in [0.29, 0.717) is 5.69 Å². The van der Waals surface area contributed by atoms with E-state index in [9.17, 15) is 4.79 Å². The minimum Gasteiger partial charge on any atom is -0.324 e. The van der Waals surface area contributed by atoms with Crippen molar-refractivity contribution in [2.24, 2.45) is 5.73 Å². The molecule has 1 atom stereocenters. The summed E-state index contributed by atoms with van der Waals surface area (Å²) in [5.74, 6) is -0.156. The molecule has 2 aromatic rings. The number of aryl methyl sites for hydroxylation is 1. The van der Waals surface area contributed by atoms with Gasteiger partial charge in [0.25, 0.3) is 0 Å². The summed E-state index contributed by atoms with van der Waals surface area (Å²) in [5.41, 5.74) is 8.13. The van der Waals surface area contributed by atoms with Gasteiger partial charge in [-0.05, 0) is 37.6 Å². The molecule has 0 fully saturated rings. The van der Waals surface area contributed by atoms with Gasteiger partial charge in [0, 0.05) is 16.2 Å². The topological polar surface area (TPSA) is 85.8 Å². The van der Waals surface area contributed by atoms with Crippen molar-refractivity contribution < 1.29 is 4.79 Å². The van der Waals surface area contributed by atoms with Crippen LogP contribution in [0, 0.1) is 6.92 Å².